The number of rotatable bonds is 7. The van der Waals surface area contributed by atoms with Crippen molar-refractivity contribution in [2.45, 2.75) is 46.1 Å². The maximum absolute atomic E-state index is 9.50. The smallest absolute Gasteiger partial charge is 0.119 e. The zero-order valence-electron chi connectivity index (χ0n) is 12.9. The molecular formula is C16H23N3O2. The van der Waals surface area contributed by atoms with E-state index in [1.165, 1.54) is 0 Å². The van der Waals surface area contributed by atoms with Gasteiger partial charge < -0.3 is 9.84 Å². The van der Waals surface area contributed by atoms with Gasteiger partial charge in [-0.3, -0.25) is 0 Å². The Kier molecular flexibility index (Phi) is 5.33. The number of aliphatic hydroxyl groups excluding tert-OH is 1. The summed E-state index contributed by atoms with van der Waals surface area (Å²) < 4.78 is 7.29. The molecule has 5 nitrogen and oxygen atoms in total. The molecule has 5 heteroatoms. The SMILES string of the molecule is CCOc1ccc(-n2nnc(CO)c2C(CC)CC)cc1. The molecule has 0 aliphatic carbocycles. The van der Waals surface area contributed by atoms with Crippen molar-refractivity contribution in [3.05, 3.63) is 35.7 Å². The van der Waals surface area contributed by atoms with Crippen molar-refractivity contribution in [3.63, 3.8) is 0 Å². The molecule has 0 unspecified atom stereocenters. The lowest BCUT2D eigenvalue weighted by atomic mass is 9.97. The molecule has 2 rings (SSSR count). The molecule has 0 saturated carbocycles. The molecule has 1 heterocycles. The topological polar surface area (TPSA) is 60.2 Å². The van der Waals surface area contributed by atoms with Gasteiger partial charge in [-0.05, 0) is 44.0 Å². The standard InChI is InChI=1S/C16H23N3O2/c1-4-12(5-2)16-15(11-20)17-18-19(16)13-7-9-14(10-8-13)21-6-3/h7-10,12,20H,4-6,11H2,1-3H3. The molecule has 0 spiro atoms. The highest BCUT2D eigenvalue weighted by Crippen LogP contribution is 2.28. The van der Waals surface area contributed by atoms with Crippen molar-refractivity contribution in [1.29, 1.82) is 0 Å². The molecule has 0 aliphatic rings. The van der Waals surface area contributed by atoms with Crippen LogP contribution in [-0.2, 0) is 6.61 Å². The Morgan fingerprint density at radius 1 is 1.14 bits per heavy atom. The van der Waals surface area contributed by atoms with Gasteiger partial charge in [0, 0.05) is 5.92 Å². The van der Waals surface area contributed by atoms with E-state index in [0.29, 0.717) is 18.2 Å². The van der Waals surface area contributed by atoms with Crippen LogP contribution in [0.4, 0.5) is 0 Å². The lowest BCUT2D eigenvalue weighted by molar-refractivity contribution is 0.274. The fourth-order valence-corrected chi connectivity index (χ4v) is 2.56. The van der Waals surface area contributed by atoms with Crippen molar-refractivity contribution in [3.8, 4) is 11.4 Å². The summed E-state index contributed by atoms with van der Waals surface area (Å²) in [7, 11) is 0. The Morgan fingerprint density at radius 3 is 2.33 bits per heavy atom. The van der Waals surface area contributed by atoms with Crippen LogP contribution >= 0.6 is 0 Å². The monoisotopic (exact) mass is 289 g/mol. The highest BCUT2D eigenvalue weighted by molar-refractivity contribution is 5.39. The number of hydrogen-bond donors (Lipinski definition) is 1. The van der Waals surface area contributed by atoms with Crippen molar-refractivity contribution in [1.82, 2.24) is 15.0 Å². The van der Waals surface area contributed by atoms with Crippen molar-refractivity contribution in [2.75, 3.05) is 6.61 Å². The molecule has 0 amide bonds. The highest BCUT2D eigenvalue weighted by atomic mass is 16.5. The molecule has 0 atom stereocenters. The lowest BCUT2D eigenvalue weighted by Gasteiger charge is -2.16. The van der Waals surface area contributed by atoms with Gasteiger partial charge in [-0.1, -0.05) is 19.1 Å². The molecule has 0 saturated heterocycles. The van der Waals surface area contributed by atoms with Gasteiger partial charge in [0.2, 0.25) is 0 Å². The molecule has 2 aromatic rings. The van der Waals surface area contributed by atoms with E-state index >= 15 is 0 Å². The Balaban J connectivity index is 2.41. The number of benzene rings is 1. The minimum absolute atomic E-state index is 0.0805. The zero-order chi connectivity index (χ0) is 15.2. The summed E-state index contributed by atoms with van der Waals surface area (Å²) in [4.78, 5) is 0. The minimum atomic E-state index is -0.0805. The summed E-state index contributed by atoms with van der Waals surface area (Å²) in [5.74, 6) is 1.18. The summed E-state index contributed by atoms with van der Waals surface area (Å²) >= 11 is 0. The van der Waals surface area contributed by atoms with Gasteiger partial charge in [-0.2, -0.15) is 0 Å². The van der Waals surface area contributed by atoms with E-state index in [2.05, 4.69) is 24.2 Å². The highest BCUT2D eigenvalue weighted by Gasteiger charge is 2.20. The fraction of sp³-hybridized carbons (Fsp3) is 0.500. The molecule has 0 bridgehead atoms. The summed E-state index contributed by atoms with van der Waals surface area (Å²) in [6.07, 6.45) is 1.99. The summed E-state index contributed by atoms with van der Waals surface area (Å²) in [6.45, 7) is 6.82. The number of nitrogens with zero attached hydrogens (tertiary/aromatic N) is 3. The Morgan fingerprint density at radius 2 is 1.81 bits per heavy atom. The second kappa shape index (κ2) is 7.22. The molecule has 0 aliphatic heterocycles. The fourth-order valence-electron chi connectivity index (χ4n) is 2.56. The van der Waals surface area contributed by atoms with Gasteiger partial charge in [0.1, 0.15) is 11.4 Å². The first-order valence-corrected chi connectivity index (χ1v) is 7.53. The summed E-state index contributed by atoms with van der Waals surface area (Å²) in [5.41, 5.74) is 2.61. The van der Waals surface area contributed by atoms with Crippen molar-refractivity contribution in [2.24, 2.45) is 0 Å². The average molecular weight is 289 g/mol. The van der Waals surface area contributed by atoms with Gasteiger partial charge in [-0.25, -0.2) is 4.68 Å². The quantitative estimate of drug-likeness (QED) is 0.851. The molecule has 114 valence electrons. The van der Waals surface area contributed by atoms with Crippen LogP contribution in [0.1, 0.15) is 50.9 Å². The first-order valence-electron chi connectivity index (χ1n) is 7.53. The largest absolute Gasteiger partial charge is 0.494 e. The molecule has 0 fully saturated rings. The molecule has 0 radical (unpaired) electrons. The molecule has 1 aromatic carbocycles. The predicted octanol–water partition coefficient (Wildman–Crippen LogP) is 3.06. The van der Waals surface area contributed by atoms with Crippen LogP contribution in [0.15, 0.2) is 24.3 Å². The molecule has 1 N–H and O–H groups in total. The van der Waals surface area contributed by atoms with Gasteiger partial charge >= 0.3 is 0 Å². The van der Waals surface area contributed by atoms with Crippen LogP contribution in [0, 0.1) is 0 Å². The zero-order valence-corrected chi connectivity index (χ0v) is 12.9. The third-order valence-corrected chi connectivity index (χ3v) is 3.69. The van der Waals surface area contributed by atoms with Crippen molar-refractivity contribution < 1.29 is 9.84 Å². The average Bonchev–Trinajstić information content (AvgIpc) is 2.94. The van der Waals surface area contributed by atoms with E-state index < -0.39 is 0 Å². The Hall–Kier alpha value is -1.88. The minimum Gasteiger partial charge on any atom is -0.494 e. The number of aliphatic hydroxyl groups is 1. The normalized spacial score (nSPS) is 11.1. The third-order valence-electron chi connectivity index (χ3n) is 3.69. The van der Waals surface area contributed by atoms with Crippen LogP contribution in [-0.4, -0.2) is 26.7 Å². The predicted molar refractivity (Wildman–Crippen MR) is 81.8 cm³/mol. The van der Waals surface area contributed by atoms with E-state index in [1.807, 2.05) is 35.9 Å². The van der Waals surface area contributed by atoms with Crippen LogP contribution in [0.25, 0.3) is 5.69 Å². The van der Waals surface area contributed by atoms with E-state index in [1.54, 1.807) is 0 Å². The van der Waals surface area contributed by atoms with Gasteiger partial charge in [0.15, 0.2) is 0 Å². The first kappa shape index (κ1) is 15.5. The second-order valence-corrected chi connectivity index (χ2v) is 4.93. The summed E-state index contributed by atoms with van der Waals surface area (Å²) in [5, 5.41) is 17.8. The van der Waals surface area contributed by atoms with Gasteiger partial charge in [0.05, 0.1) is 24.6 Å². The van der Waals surface area contributed by atoms with Crippen molar-refractivity contribution >= 4 is 0 Å². The van der Waals surface area contributed by atoms with Crippen LogP contribution in [0.2, 0.25) is 0 Å². The summed E-state index contributed by atoms with van der Waals surface area (Å²) in [6, 6.07) is 7.78. The van der Waals surface area contributed by atoms with Gasteiger partial charge in [-0.15, -0.1) is 5.10 Å². The Labute approximate surface area is 125 Å². The molecule has 1 aromatic heterocycles. The van der Waals surface area contributed by atoms with E-state index in [4.69, 9.17) is 4.74 Å². The number of hydrogen-bond acceptors (Lipinski definition) is 4. The van der Waals surface area contributed by atoms with Crippen LogP contribution in [0.5, 0.6) is 5.75 Å². The second-order valence-electron chi connectivity index (χ2n) is 4.93. The van der Waals surface area contributed by atoms with E-state index in [-0.39, 0.29) is 6.61 Å². The first-order chi connectivity index (χ1) is 10.2. The number of aromatic nitrogens is 3. The van der Waals surface area contributed by atoms with Gasteiger partial charge in [0.25, 0.3) is 0 Å². The third kappa shape index (κ3) is 3.24. The van der Waals surface area contributed by atoms with E-state index in [9.17, 15) is 5.11 Å². The maximum atomic E-state index is 9.50. The number of ether oxygens (including phenoxy) is 1. The van der Waals surface area contributed by atoms with Crippen LogP contribution < -0.4 is 4.74 Å². The van der Waals surface area contributed by atoms with E-state index in [0.717, 1.165) is 30.0 Å². The molecule has 21 heavy (non-hydrogen) atoms. The molecular weight excluding hydrogens is 266 g/mol. The van der Waals surface area contributed by atoms with Crippen LogP contribution in [0.3, 0.4) is 0 Å². The Bertz CT molecular complexity index is 559. The lowest BCUT2D eigenvalue weighted by Crippen LogP contribution is -2.09. The maximum Gasteiger partial charge on any atom is 0.119 e.